The second-order valence-electron chi connectivity index (χ2n) is 3.15. The van der Waals surface area contributed by atoms with Crippen molar-refractivity contribution in [3.8, 4) is 17.7 Å². The lowest BCUT2D eigenvalue weighted by atomic mass is 10.2. The molecule has 0 N–H and O–H groups in total. The van der Waals surface area contributed by atoms with E-state index in [0.717, 1.165) is 0 Å². The summed E-state index contributed by atoms with van der Waals surface area (Å²) in [5, 5.41) is 8.95. The minimum atomic E-state index is -0.562. The van der Waals surface area contributed by atoms with Crippen LogP contribution in [-0.4, -0.2) is 4.98 Å². The summed E-state index contributed by atoms with van der Waals surface area (Å²) in [5.41, 5.74) is 0.334. The monoisotopic (exact) mass is 248 g/mol. The van der Waals surface area contributed by atoms with Crippen molar-refractivity contribution in [3.05, 3.63) is 52.9 Å². The lowest BCUT2D eigenvalue weighted by Crippen LogP contribution is -1.91. The van der Waals surface area contributed by atoms with Gasteiger partial charge in [-0.25, -0.2) is 9.37 Å². The Kier molecular flexibility index (Phi) is 3.22. The topological polar surface area (TPSA) is 45.9 Å². The molecule has 0 radical (unpaired) electrons. The van der Waals surface area contributed by atoms with Crippen molar-refractivity contribution in [3.63, 3.8) is 0 Å². The molecule has 0 saturated carbocycles. The third kappa shape index (κ3) is 2.52. The zero-order chi connectivity index (χ0) is 12.3. The predicted molar refractivity (Wildman–Crippen MR) is 60.4 cm³/mol. The summed E-state index contributed by atoms with van der Waals surface area (Å²) >= 11 is 5.82. The fraction of sp³-hybridized carbons (Fsp3) is 0. The van der Waals surface area contributed by atoms with E-state index in [1.54, 1.807) is 0 Å². The smallest absolute Gasteiger partial charge is 0.255 e. The number of hydrogen-bond acceptors (Lipinski definition) is 3. The van der Waals surface area contributed by atoms with Crippen LogP contribution in [0.5, 0.6) is 11.6 Å². The molecule has 2 rings (SSSR count). The Morgan fingerprint density at radius 3 is 2.82 bits per heavy atom. The largest absolute Gasteiger partial charge is 0.436 e. The number of benzene rings is 1. The van der Waals surface area contributed by atoms with Gasteiger partial charge in [-0.1, -0.05) is 11.6 Å². The molecule has 84 valence electrons. The fourth-order valence-corrected chi connectivity index (χ4v) is 1.42. The van der Waals surface area contributed by atoms with Gasteiger partial charge in [0.15, 0.2) is 5.82 Å². The third-order valence-electron chi connectivity index (χ3n) is 2.00. The molecule has 0 aliphatic rings. The van der Waals surface area contributed by atoms with Gasteiger partial charge in [0.05, 0.1) is 10.6 Å². The number of ether oxygens (including phenoxy) is 1. The molecule has 1 aromatic heterocycles. The number of nitriles is 1. The summed E-state index contributed by atoms with van der Waals surface area (Å²) in [6.45, 7) is 0. The molecule has 1 heterocycles. The quantitative estimate of drug-likeness (QED) is 0.817. The van der Waals surface area contributed by atoms with Crippen LogP contribution in [0.15, 0.2) is 36.5 Å². The lowest BCUT2D eigenvalue weighted by molar-refractivity contribution is 0.423. The standard InChI is InChI=1S/C12H6ClFN2O/c13-10-6-9(4-3-8(10)7-15)17-12-11(14)2-1-5-16-12/h1-6H. The van der Waals surface area contributed by atoms with Gasteiger partial charge in [0.25, 0.3) is 5.88 Å². The second kappa shape index (κ2) is 4.81. The molecular formula is C12H6ClFN2O. The second-order valence-corrected chi connectivity index (χ2v) is 3.55. The average Bonchev–Trinajstić information content (AvgIpc) is 2.32. The van der Waals surface area contributed by atoms with Crippen molar-refractivity contribution in [2.75, 3.05) is 0 Å². The Morgan fingerprint density at radius 2 is 2.18 bits per heavy atom. The lowest BCUT2D eigenvalue weighted by Gasteiger charge is -2.05. The first-order valence-corrected chi connectivity index (χ1v) is 5.06. The number of aromatic nitrogens is 1. The van der Waals surface area contributed by atoms with Crippen LogP contribution >= 0.6 is 11.6 Å². The first kappa shape index (κ1) is 11.4. The normalized spacial score (nSPS) is 9.71. The molecular weight excluding hydrogens is 243 g/mol. The maximum atomic E-state index is 13.2. The summed E-state index contributed by atoms with van der Waals surface area (Å²) < 4.78 is 18.5. The molecule has 3 nitrogen and oxygen atoms in total. The molecule has 2 aromatic rings. The van der Waals surface area contributed by atoms with Crippen LogP contribution in [0.4, 0.5) is 4.39 Å². The summed E-state index contributed by atoms with van der Waals surface area (Å²) in [4.78, 5) is 3.74. The third-order valence-corrected chi connectivity index (χ3v) is 2.31. The summed E-state index contributed by atoms with van der Waals surface area (Å²) in [6.07, 6.45) is 1.42. The molecule has 5 heteroatoms. The minimum Gasteiger partial charge on any atom is -0.436 e. The molecule has 0 amide bonds. The molecule has 0 spiro atoms. The van der Waals surface area contributed by atoms with Gasteiger partial charge in [-0.3, -0.25) is 0 Å². The zero-order valence-corrected chi connectivity index (χ0v) is 9.28. The number of rotatable bonds is 2. The van der Waals surface area contributed by atoms with Crippen molar-refractivity contribution in [2.24, 2.45) is 0 Å². The Balaban J connectivity index is 2.29. The van der Waals surface area contributed by atoms with E-state index in [1.807, 2.05) is 6.07 Å². The maximum Gasteiger partial charge on any atom is 0.255 e. The van der Waals surface area contributed by atoms with Crippen molar-refractivity contribution in [1.29, 1.82) is 5.26 Å². The van der Waals surface area contributed by atoms with Crippen molar-refractivity contribution >= 4 is 11.6 Å². The Bertz CT molecular complexity index is 595. The number of hydrogen-bond donors (Lipinski definition) is 0. The van der Waals surface area contributed by atoms with Gasteiger partial charge in [0.2, 0.25) is 0 Å². The molecule has 0 atom stereocenters. The van der Waals surface area contributed by atoms with Gasteiger partial charge < -0.3 is 4.74 Å². The van der Waals surface area contributed by atoms with Crippen LogP contribution in [0.25, 0.3) is 0 Å². The van der Waals surface area contributed by atoms with Crippen molar-refractivity contribution < 1.29 is 9.13 Å². The molecule has 0 unspecified atom stereocenters. The number of pyridine rings is 1. The molecule has 0 fully saturated rings. The number of halogens is 2. The van der Waals surface area contributed by atoms with Gasteiger partial charge in [-0.15, -0.1) is 0 Å². The SMILES string of the molecule is N#Cc1ccc(Oc2ncccc2F)cc1Cl. The Labute approximate surface area is 102 Å². The maximum absolute atomic E-state index is 13.2. The van der Waals surface area contributed by atoms with Crippen LogP contribution < -0.4 is 4.74 Å². The molecule has 0 aliphatic heterocycles. The van der Waals surface area contributed by atoms with E-state index < -0.39 is 5.82 Å². The van der Waals surface area contributed by atoms with Crippen LogP contribution in [0.2, 0.25) is 5.02 Å². The molecule has 1 aromatic carbocycles. The highest BCUT2D eigenvalue weighted by molar-refractivity contribution is 6.31. The highest BCUT2D eigenvalue weighted by atomic mass is 35.5. The highest BCUT2D eigenvalue weighted by Gasteiger charge is 2.07. The van der Waals surface area contributed by atoms with Crippen LogP contribution in [0.3, 0.4) is 0 Å². The fourth-order valence-electron chi connectivity index (χ4n) is 1.21. The van der Waals surface area contributed by atoms with Gasteiger partial charge in [-0.05, 0) is 24.3 Å². The van der Waals surface area contributed by atoms with Gasteiger partial charge >= 0.3 is 0 Å². The van der Waals surface area contributed by atoms with Gasteiger partial charge in [0.1, 0.15) is 11.8 Å². The van der Waals surface area contributed by atoms with E-state index >= 15 is 0 Å². The van der Waals surface area contributed by atoms with E-state index in [1.165, 1.54) is 36.5 Å². The van der Waals surface area contributed by atoms with Crippen molar-refractivity contribution in [2.45, 2.75) is 0 Å². The zero-order valence-electron chi connectivity index (χ0n) is 8.52. The average molecular weight is 249 g/mol. The van der Waals surface area contributed by atoms with Gasteiger partial charge in [-0.2, -0.15) is 5.26 Å². The minimum absolute atomic E-state index is 0.131. The van der Waals surface area contributed by atoms with E-state index in [0.29, 0.717) is 11.3 Å². The predicted octanol–water partition coefficient (Wildman–Crippen LogP) is 3.54. The van der Waals surface area contributed by atoms with Crippen LogP contribution in [-0.2, 0) is 0 Å². The first-order chi connectivity index (χ1) is 8.20. The Hall–Kier alpha value is -2.12. The van der Waals surface area contributed by atoms with Crippen LogP contribution in [0.1, 0.15) is 5.56 Å². The van der Waals surface area contributed by atoms with E-state index in [4.69, 9.17) is 21.6 Å². The summed E-state index contributed by atoms with van der Waals surface area (Å²) in [5.74, 6) is -0.368. The molecule has 0 saturated heterocycles. The summed E-state index contributed by atoms with van der Waals surface area (Å²) in [6, 6.07) is 9.09. The Morgan fingerprint density at radius 1 is 1.35 bits per heavy atom. The van der Waals surface area contributed by atoms with E-state index in [9.17, 15) is 4.39 Å². The van der Waals surface area contributed by atoms with Crippen LogP contribution in [0, 0.1) is 17.1 Å². The van der Waals surface area contributed by atoms with Crippen molar-refractivity contribution in [1.82, 2.24) is 4.98 Å². The number of nitrogens with zero attached hydrogens (tertiary/aromatic N) is 2. The molecule has 0 aliphatic carbocycles. The van der Waals surface area contributed by atoms with E-state index in [2.05, 4.69) is 4.98 Å². The molecule has 0 bridgehead atoms. The summed E-state index contributed by atoms with van der Waals surface area (Å²) in [7, 11) is 0. The van der Waals surface area contributed by atoms with Gasteiger partial charge in [0, 0.05) is 12.3 Å². The van der Waals surface area contributed by atoms with E-state index in [-0.39, 0.29) is 10.9 Å². The highest BCUT2D eigenvalue weighted by Crippen LogP contribution is 2.26. The first-order valence-electron chi connectivity index (χ1n) is 4.69. The molecule has 17 heavy (non-hydrogen) atoms.